The largest absolute Gasteiger partial charge is 0.384 e. The summed E-state index contributed by atoms with van der Waals surface area (Å²) in [6.45, 7) is 9.13. The monoisotopic (exact) mass is 219 g/mol. The topological polar surface area (TPSA) is 42.1 Å². The van der Waals surface area contributed by atoms with Gasteiger partial charge in [-0.15, -0.1) is 0 Å². The first kappa shape index (κ1) is 11.4. The summed E-state index contributed by atoms with van der Waals surface area (Å²) in [4.78, 5) is 6.65. The van der Waals surface area contributed by atoms with E-state index in [9.17, 15) is 0 Å². The van der Waals surface area contributed by atoms with Crippen molar-refractivity contribution in [1.29, 1.82) is 0 Å². The zero-order valence-electron chi connectivity index (χ0n) is 10.4. The molecular formula is C13H21N3. The predicted molar refractivity (Wildman–Crippen MR) is 66.9 cm³/mol. The van der Waals surface area contributed by atoms with Crippen molar-refractivity contribution in [3.05, 3.63) is 23.9 Å². The fourth-order valence-electron chi connectivity index (χ4n) is 2.67. The van der Waals surface area contributed by atoms with Crippen molar-refractivity contribution in [3.8, 4) is 0 Å². The van der Waals surface area contributed by atoms with Crippen LogP contribution in [0.1, 0.15) is 32.8 Å². The van der Waals surface area contributed by atoms with Crippen LogP contribution in [0.25, 0.3) is 0 Å². The summed E-state index contributed by atoms with van der Waals surface area (Å²) < 4.78 is 0. The SMILES string of the molecule is CC1CC(C)(C)CN1Cc1ccc(N)nc1. The number of aromatic nitrogens is 1. The fraction of sp³-hybridized carbons (Fsp3) is 0.615. The maximum atomic E-state index is 5.58. The van der Waals surface area contributed by atoms with Crippen LogP contribution in [0.5, 0.6) is 0 Å². The van der Waals surface area contributed by atoms with Crippen LogP contribution < -0.4 is 5.73 Å². The summed E-state index contributed by atoms with van der Waals surface area (Å²) in [5.41, 5.74) is 7.27. The van der Waals surface area contributed by atoms with E-state index in [1.54, 1.807) is 0 Å². The molecular weight excluding hydrogens is 198 g/mol. The lowest BCUT2D eigenvalue weighted by atomic mass is 9.91. The van der Waals surface area contributed by atoms with Crippen LogP contribution >= 0.6 is 0 Å². The molecule has 1 unspecified atom stereocenters. The summed E-state index contributed by atoms with van der Waals surface area (Å²) in [6, 6.07) is 4.61. The Hall–Kier alpha value is -1.09. The Morgan fingerprint density at radius 2 is 2.25 bits per heavy atom. The minimum atomic E-state index is 0.445. The van der Waals surface area contributed by atoms with Gasteiger partial charge in [0.05, 0.1) is 0 Å². The molecule has 0 saturated carbocycles. The minimum absolute atomic E-state index is 0.445. The van der Waals surface area contributed by atoms with Crippen molar-refractivity contribution < 1.29 is 0 Å². The first-order valence-corrected chi connectivity index (χ1v) is 5.91. The van der Waals surface area contributed by atoms with Gasteiger partial charge in [0.25, 0.3) is 0 Å². The average Bonchev–Trinajstić information content (AvgIpc) is 2.44. The van der Waals surface area contributed by atoms with E-state index >= 15 is 0 Å². The molecule has 1 aromatic heterocycles. The number of nitrogens with two attached hydrogens (primary N) is 1. The maximum Gasteiger partial charge on any atom is 0.123 e. The summed E-state index contributed by atoms with van der Waals surface area (Å²) in [6.07, 6.45) is 3.16. The molecule has 0 aromatic carbocycles. The lowest BCUT2D eigenvalue weighted by Crippen LogP contribution is -2.27. The maximum absolute atomic E-state index is 5.58. The molecule has 2 rings (SSSR count). The second kappa shape index (κ2) is 4.06. The number of rotatable bonds is 2. The number of nitrogens with zero attached hydrogens (tertiary/aromatic N) is 2. The molecule has 1 aliphatic heterocycles. The van der Waals surface area contributed by atoms with Gasteiger partial charge >= 0.3 is 0 Å². The summed E-state index contributed by atoms with van der Waals surface area (Å²) >= 11 is 0. The van der Waals surface area contributed by atoms with Gasteiger partial charge in [-0.3, -0.25) is 4.90 Å². The summed E-state index contributed by atoms with van der Waals surface area (Å²) in [5, 5.41) is 0. The van der Waals surface area contributed by atoms with E-state index in [2.05, 4.69) is 36.7 Å². The molecule has 0 radical (unpaired) electrons. The van der Waals surface area contributed by atoms with Gasteiger partial charge in [-0.2, -0.15) is 0 Å². The standard InChI is InChI=1S/C13H21N3/c1-10-6-13(2,3)9-16(10)8-11-4-5-12(14)15-7-11/h4-5,7,10H,6,8-9H2,1-3H3,(H2,14,15). The van der Waals surface area contributed by atoms with E-state index in [0.29, 0.717) is 17.3 Å². The first-order valence-electron chi connectivity index (χ1n) is 5.91. The second-order valence-corrected chi connectivity index (χ2v) is 5.71. The second-order valence-electron chi connectivity index (χ2n) is 5.71. The summed E-state index contributed by atoms with van der Waals surface area (Å²) in [5.74, 6) is 0.596. The number of nitrogen functional groups attached to an aromatic ring is 1. The molecule has 1 saturated heterocycles. The Kier molecular flexibility index (Phi) is 2.89. The van der Waals surface area contributed by atoms with Gasteiger partial charge in [-0.05, 0) is 30.4 Å². The highest BCUT2D eigenvalue weighted by molar-refractivity contribution is 5.29. The van der Waals surface area contributed by atoms with Gasteiger partial charge in [0.2, 0.25) is 0 Å². The Bertz CT molecular complexity index is 356. The smallest absolute Gasteiger partial charge is 0.123 e. The van der Waals surface area contributed by atoms with Crippen molar-refractivity contribution in [1.82, 2.24) is 9.88 Å². The molecule has 0 aliphatic carbocycles. The highest BCUT2D eigenvalue weighted by atomic mass is 15.2. The van der Waals surface area contributed by atoms with Gasteiger partial charge in [-0.1, -0.05) is 19.9 Å². The van der Waals surface area contributed by atoms with Crippen molar-refractivity contribution in [2.24, 2.45) is 5.41 Å². The minimum Gasteiger partial charge on any atom is -0.384 e. The van der Waals surface area contributed by atoms with Crippen LogP contribution in [0.3, 0.4) is 0 Å². The highest BCUT2D eigenvalue weighted by Crippen LogP contribution is 2.34. The van der Waals surface area contributed by atoms with Crippen LogP contribution in [0, 0.1) is 5.41 Å². The lowest BCUT2D eigenvalue weighted by Gasteiger charge is -2.21. The molecule has 0 amide bonds. The molecule has 16 heavy (non-hydrogen) atoms. The van der Waals surface area contributed by atoms with Crippen LogP contribution in [0.4, 0.5) is 5.82 Å². The zero-order chi connectivity index (χ0) is 11.8. The molecule has 3 heteroatoms. The number of anilines is 1. The van der Waals surface area contributed by atoms with E-state index in [1.807, 2.05) is 12.3 Å². The van der Waals surface area contributed by atoms with Crippen LogP contribution in [-0.2, 0) is 6.54 Å². The van der Waals surface area contributed by atoms with E-state index in [4.69, 9.17) is 5.73 Å². The quantitative estimate of drug-likeness (QED) is 0.829. The Morgan fingerprint density at radius 3 is 2.75 bits per heavy atom. The van der Waals surface area contributed by atoms with Gasteiger partial charge in [-0.25, -0.2) is 4.98 Å². The summed E-state index contributed by atoms with van der Waals surface area (Å²) in [7, 11) is 0. The lowest BCUT2D eigenvalue weighted by molar-refractivity contribution is 0.244. The van der Waals surface area contributed by atoms with E-state index in [0.717, 1.165) is 6.54 Å². The van der Waals surface area contributed by atoms with Gasteiger partial charge in [0, 0.05) is 25.3 Å². The molecule has 2 heterocycles. The molecule has 1 fully saturated rings. The van der Waals surface area contributed by atoms with E-state index in [1.165, 1.54) is 18.5 Å². The molecule has 3 nitrogen and oxygen atoms in total. The number of hydrogen-bond donors (Lipinski definition) is 1. The predicted octanol–water partition coefficient (Wildman–Crippen LogP) is 2.28. The zero-order valence-corrected chi connectivity index (χ0v) is 10.4. The average molecular weight is 219 g/mol. The van der Waals surface area contributed by atoms with E-state index in [-0.39, 0.29) is 0 Å². The van der Waals surface area contributed by atoms with Crippen LogP contribution in [-0.4, -0.2) is 22.5 Å². The third-order valence-corrected chi connectivity index (χ3v) is 3.34. The first-order chi connectivity index (χ1) is 7.46. The molecule has 2 N–H and O–H groups in total. The Balaban J connectivity index is 2.03. The number of hydrogen-bond acceptors (Lipinski definition) is 3. The highest BCUT2D eigenvalue weighted by Gasteiger charge is 2.34. The normalized spacial score (nSPS) is 24.8. The molecule has 88 valence electrons. The van der Waals surface area contributed by atoms with Crippen molar-refractivity contribution in [2.75, 3.05) is 12.3 Å². The van der Waals surface area contributed by atoms with E-state index < -0.39 is 0 Å². The Labute approximate surface area is 97.7 Å². The molecule has 0 spiro atoms. The third-order valence-electron chi connectivity index (χ3n) is 3.34. The van der Waals surface area contributed by atoms with Gasteiger partial charge in [0.1, 0.15) is 5.82 Å². The molecule has 1 atom stereocenters. The van der Waals surface area contributed by atoms with Crippen molar-refractivity contribution in [3.63, 3.8) is 0 Å². The van der Waals surface area contributed by atoms with Crippen molar-refractivity contribution in [2.45, 2.75) is 39.8 Å². The van der Waals surface area contributed by atoms with Crippen molar-refractivity contribution >= 4 is 5.82 Å². The number of pyridine rings is 1. The number of likely N-dealkylation sites (tertiary alicyclic amines) is 1. The van der Waals surface area contributed by atoms with Gasteiger partial charge < -0.3 is 5.73 Å². The van der Waals surface area contributed by atoms with Crippen LogP contribution in [0.2, 0.25) is 0 Å². The molecule has 1 aromatic rings. The third kappa shape index (κ3) is 2.53. The van der Waals surface area contributed by atoms with Gasteiger partial charge in [0.15, 0.2) is 0 Å². The fourth-order valence-corrected chi connectivity index (χ4v) is 2.67. The molecule has 0 bridgehead atoms. The Morgan fingerprint density at radius 1 is 1.50 bits per heavy atom. The molecule has 1 aliphatic rings. The van der Waals surface area contributed by atoms with Crippen LogP contribution in [0.15, 0.2) is 18.3 Å².